The summed E-state index contributed by atoms with van der Waals surface area (Å²) in [5.41, 5.74) is 0.304. The standard InChI is InChI=1S/C22H22O4S/c1-3-24-21(23)22(27-2)26-20-18-12-8-7-11-17(18)13-14-19(20)25-15-16-9-5-4-6-10-16/h4-14,22H,3,15H2,1-2H3. The lowest BCUT2D eigenvalue weighted by Gasteiger charge is -2.20. The molecule has 0 aliphatic heterocycles. The molecule has 140 valence electrons. The summed E-state index contributed by atoms with van der Waals surface area (Å²) in [5, 5.41) is 1.91. The van der Waals surface area contributed by atoms with E-state index in [-0.39, 0.29) is 0 Å². The maximum Gasteiger partial charge on any atom is 0.358 e. The van der Waals surface area contributed by atoms with E-state index < -0.39 is 11.4 Å². The van der Waals surface area contributed by atoms with Gasteiger partial charge in [-0.1, -0.05) is 60.7 Å². The third-order valence-corrected chi connectivity index (χ3v) is 4.72. The van der Waals surface area contributed by atoms with Crippen LogP contribution in [-0.2, 0) is 16.1 Å². The molecule has 0 bridgehead atoms. The van der Waals surface area contributed by atoms with Gasteiger partial charge in [0, 0.05) is 5.39 Å². The molecule has 0 fully saturated rings. The highest BCUT2D eigenvalue weighted by Gasteiger charge is 2.23. The van der Waals surface area contributed by atoms with Crippen molar-refractivity contribution in [1.82, 2.24) is 0 Å². The number of rotatable bonds is 8. The van der Waals surface area contributed by atoms with Gasteiger partial charge in [-0.05, 0) is 30.2 Å². The van der Waals surface area contributed by atoms with Gasteiger partial charge in [-0.2, -0.15) is 0 Å². The summed E-state index contributed by atoms with van der Waals surface area (Å²) in [4.78, 5) is 12.2. The van der Waals surface area contributed by atoms with Crippen LogP contribution in [0.1, 0.15) is 12.5 Å². The quantitative estimate of drug-likeness (QED) is 0.403. The number of carbonyl (C=O) groups excluding carboxylic acids is 1. The lowest BCUT2D eigenvalue weighted by Crippen LogP contribution is -2.26. The second-order valence-electron chi connectivity index (χ2n) is 5.83. The van der Waals surface area contributed by atoms with E-state index in [0.29, 0.717) is 24.7 Å². The molecule has 4 nitrogen and oxygen atoms in total. The van der Waals surface area contributed by atoms with Crippen LogP contribution in [0.15, 0.2) is 66.7 Å². The summed E-state index contributed by atoms with van der Waals surface area (Å²) >= 11 is 1.29. The molecule has 3 aromatic rings. The third-order valence-electron chi connectivity index (χ3n) is 4.00. The van der Waals surface area contributed by atoms with Gasteiger partial charge in [0.25, 0.3) is 0 Å². The molecule has 0 spiro atoms. The molecule has 0 aliphatic rings. The van der Waals surface area contributed by atoms with Gasteiger partial charge in [0.1, 0.15) is 6.61 Å². The van der Waals surface area contributed by atoms with Crippen molar-refractivity contribution >= 4 is 28.5 Å². The highest BCUT2D eigenvalue weighted by Crippen LogP contribution is 2.38. The van der Waals surface area contributed by atoms with Gasteiger partial charge >= 0.3 is 5.97 Å². The van der Waals surface area contributed by atoms with Gasteiger partial charge in [0.15, 0.2) is 11.5 Å². The van der Waals surface area contributed by atoms with Crippen LogP contribution < -0.4 is 9.47 Å². The number of ether oxygens (including phenoxy) is 3. The van der Waals surface area contributed by atoms with Crippen molar-refractivity contribution in [3.05, 3.63) is 72.3 Å². The van der Waals surface area contributed by atoms with E-state index in [0.717, 1.165) is 16.3 Å². The van der Waals surface area contributed by atoms with Gasteiger partial charge in [0.05, 0.1) is 6.61 Å². The van der Waals surface area contributed by atoms with E-state index in [1.54, 1.807) is 6.92 Å². The van der Waals surface area contributed by atoms with Gasteiger partial charge in [0.2, 0.25) is 5.44 Å². The Labute approximate surface area is 163 Å². The minimum atomic E-state index is -0.755. The van der Waals surface area contributed by atoms with Crippen LogP contribution in [0.3, 0.4) is 0 Å². The third kappa shape index (κ3) is 4.74. The van der Waals surface area contributed by atoms with Crippen LogP contribution in [0.25, 0.3) is 10.8 Å². The average Bonchev–Trinajstić information content (AvgIpc) is 2.71. The summed E-state index contributed by atoms with van der Waals surface area (Å²) in [6, 6.07) is 21.7. The molecular formula is C22H22O4S. The molecule has 3 rings (SSSR count). The van der Waals surface area contributed by atoms with E-state index in [1.807, 2.05) is 73.0 Å². The number of hydrogen-bond donors (Lipinski definition) is 0. The average molecular weight is 382 g/mol. The number of thioether (sulfide) groups is 1. The van der Waals surface area contributed by atoms with E-state index in [9.17, 15) is 4.79 Å². The monoisotopic (exact) mass is 382 g/mol. The number of hydrogen-bond acceptors (Lipinski definition) is 5. The van der Waals surface area contributed by atoms with E-state index in [2.05, 4.69) is 0 Å². The molecule has 0 aromatic heterocycles. The lowest BCUT2D eigenvalue weighted by molar-refractivity contribution is -0.147. The largest absolute Gasteiger partial charge is 0.485 e. The molecule has 0 N–H and O–H groups in total. The Balaban J connectivity index is 1.92. The van der Waals surface area contributed by atoms with Crippen molar-refractivity contribution in [2.75, 3.05) is 12.9 Å². The fourth-order valence-corrected chi connectivity index (χ4v) is 3.16. The number of fused-ring (bicyclic) bond motifs is 1. The van der Waals surface area contributed by atoms with Crippen molar-refractivity contribution in [2.45, 2.75) is 19.0 Å². The number of carbonyl (C=O) groups is 1. The lowest BCUT2D eigenvalue weighted by atomic mass is 10.1. The number of benzene rings is 3. The van der Waals surface area contributed by atoms with E-state index in [1.165, 1.54) is 11.8 Å². The Morgan fingerprint density at radius 3 is 2.48 bits per heavy atom. The molecule has 0 heterocycles. The molecule has 3 aromatic carbocycles. The Morgan fingerprint density at radius 1 is 1.00 bits per heavy atom. The van der Waals surface area contributed by atoms with Crippen LogP contribution in [-0.4, -0.2) is 24.3 Å². The molecular weight excluding hydrogens is 360 g/mol. The van der Waals surface area contributed by atoms with Crippen molar-refractivity contribution in [2.24, 2.45) is 0 Å². The summed E-state index contributed by atoms with van der Waals surface area (Å²) < 4.78 is 17.2. The van der Waals surface area contributed by atoms with Crippen LogP contribution in [0.5, 0.6) is 11.5 Å². The fourth-order valence-electron chi connectivity index (χ4n) is 2.70. The Morgan fingerprint density at radius 2 is 1.74 bits per heavy atom. The molecule has 0 aliphatic carbocycles. The van der Waals surface area contributed by atoms with Crippen molar-refractivity contribution in [1.29, 1.82) is 0 Å². The summed E-state index contributed by atoms with van der Waals surface area (Å²) in [6.07, 6.45) is 1.82. The Bertz CT molecular complexity index is 895. The normalized spacial score (nSPS) is 11.8. The zero-order valence-electron chi connectivity index (χ0n) is 15.4. The topological polar surface area (TPSA) is 44.8 Å². The Hall–Kier alpha value is -2.66. The predicted molar refractivity (Wildman–Crippen MR) is 109 cm³/mol. The van der Waals surface area contributed by atoms with Crippen molar-refractivity contribution in [3.63, 3.8) is 0 Å². The van der Waals surface area contributed by atoms with Crippen LogP contribution in [0, 0.1) is 0 Å². The minimum Gasteiger partial charge on any atom is -0.485 e. The molecule has 0 amide bonds. The Kier molecular flexibility index (Phi) is 6.60. The zero-order chi connectivity index (χ0) is 19.1. The maximum absolute atomic E-state index is 12.2. The maximum atomic E-state index is 12.2. The first-order chi connectivity index (χ1) is 13.2. The highest BCUT2D eigenvalue weighted by atomic mass is 32.2. The molecule has 27 heavy (non-hydrogen) atoms. The van der Waals surface area contributed by atoms with Crippen LogP contribution in [0.4, 0.5) is 0 Å². The first-order valence-corrected chi connectivity index (χ1v) is 10.1. The second kappa shape index (κ2) is 9.33. The van der Waals surface area contributed by atoms with Gasteiger partial charge in [-0.15, -0.1) is 11.8 Å². The van der Waals surface area contributed by atoms with Gasteiger partial charge in [-0.25, -0.2) is 4.79 Å². The summed E-state index contributed by atoms with van der Waals surface area (Å²) in [7, 11) is 0. The van der Waals surface area contributed by atoms with Crippen LogP contribution >= 0.6 is 11.8 Å². The second-order valence-corrected chi connectivity index (χ2v) is 6.73. The molecule has 1 atom stereocenters. The van der Waals surface area contributed by atoms with Crippen LogP contribution in [0.2, 0.25) is 0 Å². The van der Waals surface area contributed by atoms with Crippen molar-refractivity contribution in [3.8, 4) is 11.5 Å². The SMILES string of the molecule is CCOC(=O)C(Oc1c(OCc2ccccc2)ccc2ccccc12)SC. The molecule has 0 saturated heterocycles. The van der Waals surface area contributed by atoms with E-state index in [4.69, 9.17) is 14.2 Å². The van der Waals surface area contributed by atoms with Gasteiger partial charge < -0.3 is 14.2 Å². The molecule has 0 saturated carbocycles. The zero-order valence-corrected chi connectivity index (χ0v) is 16.2. The molecule has 0 radical (unpaired) electrons. The predicted octanol–water partition coefficient (Wildman–Crippen LogP) is 5.05. The highest BCUT2D eigenvalue weighted by molar-refractivity contribution is 7.99. The first kappa shape index (κ1) is 19.1. The van der Waals surface area contributed by atoms with Gasteiger partial charge in [-0.3, -0.25) is 0 Å². The number of esters is 1. The molecule has 5 heteroatoms. The molecule has 1 unspecified atom stereocenters. The minimum absolute atomic E-state index is 0.312. The van der Waals surface area contributed by atoms with E-state index >= 15 is 0 Å². The summed E-state index contributed by atoms with van der Waals surface area (Å²) in [6.45, 7) is 2.51. The fraction of sp³-hybridized carbons (Fsp3) is 0.227. The smallest absolute Gasteiger partial charge is 0.358 e. The van der Waals surface area contributed by atoms with Crippen molar-refractivity contribution < 1.29 is 19.0 Å². The first-order valence-electron chi connectivity index (χ1n) is 8.77. The summed E-state index contributed by atoms with van der Waals surface area (Å²) in [5.74, 6) is 0.754.